The second-order valence-corrected chi connectivity index (χ2v) is 10.4. The molecule has 3 aromatic rings. The summed E-state index contributed by atoms with van der Waals surface area (Å²) in [5.41, 5.74) is 10.4. The van der Waals surface area contributed by atoms with Crippen molar-refractivity contribution in [1.29, 1.82) is 0 Å². The molecule has 8 heteroatoms. The van der Waals surface area contributed by atoms with Gasteiger partial charge >= 0.3 is 0 Å². The molecule has 3 heterocycles. The molecular formula is C30H30ClFN4O2. The number of nitrogens with one attached hydrogen (secondary N) is 1. The maximum absolute atomic E-state index is 14.8. The number of para-hydroxylation sites is 1. The minimum atomic E-state index is -0.605. The molecule has 0 aliphatic carbocycles. The van der Waals surface area contributed by atoms with Crippen LogP contribution in [0.4, 0.5) is 15.8 Å². The van der Waals surface area contributed by atoms with Gasteiger partial charge in [0.05, 0.1) is 16.8 Å². The molecule has 0 unspecified atom stereocenters. The molecule has 2 aliphatic rings. The normalized spacial score (nSPS) is 20.4. The fraction of sp³-hybridized carbons (Fsp3) is 0.300. The van der Waals surface area contributed by atoms with E-state index >= 15 is 0 Å². The predicted molar refractivity (Wildman–Crippen MR) is 149 cm³/mol. The Labute approximate surface area is 226 Å². The van der Waals surface area contributed by atoms with Crippen molar-refractivity contribution in [2.24, 2.45) is 5.92 Å². The number of carbonyl (C=O) groups is 2. The lowest BCUT2D eigenvalue weighted by Crippen LogP contribution is -2.38. The van der Waals surface area contributed by atoms with Gasteiger partial charge in [-0.05, 0) is 60.7 Å². The van der Waals surface area contributed by atoms with E-state index in [1.54, 1.807) is 12.3 Å². The van der Waals surface area contributed by atoms with Crippen LogP contribution in [0.2, 0.25) is 5.02 Å². The highest BCUT2D eigenvalue weighted by Gasteiger charge is 2.30. The first-order valence-corrected chi connectivity index (χ1v) is 13.3. The van der Waals surface area contributed by atoms with Crippen LogP contribution in [0.3, 0.4) is 0 Å². The molecule has 0 saturated carbocycles. The predicted octanol–water partition coefficient (Wildman–Crippen LogP) is 6.63. The number of pyridine rings is 1. The summed E-state index contributed by atoms with van der Waals surface area (Å²) in [7, 11) is 0. The van der Waals surface area contributed by atoms with E-state index < -0.39 is 5.82 Å². The van der Waals surface area contributed by atoms with Crippen LogP contribution in [0.15, 0.2) is 60.8 Å². The number of hydrogen-bond acceptors (Lipinski definition) is 4. The molecule has 6 nitrogen and oxygen atoms in total. The van der Waals surface area contributed by atoms with Crippen LogP contribution < -0.4 is 11.1 Å². The number of rotatable bonds is 2. The summed E-state index contributed by atoms with van der Waals surface area (Å²) in [6.45, 7) is 2.34. The Morgan fingerprint density at radius 2 is 1.89 bits per heavy atom. The van der Waals surface area contributed by atoms with Gasteiger partial charge in [0.15, 0.2) is 5.82 Å². The van der Waals surface area contributed by atoms with Crippen molar-refractivity contribution in [3.8, 4) is 11.1 Å². The first-order chi connectivity index (χ1) is 18.3. The second kappa shape index (κ2) is 11.0. The third-order valence-electron chi connectivity index (χ3n) is 7.46. The highest BCUT2D eigenvalue weighted by Crippen LogP contribution is 2.37. The summed E-state index contributed by atoms with van der Waals surface area (Å²) in [5, 5.41) is 3.07. The monoisotopic (exact) mass is 532 g/mol. The van der Waals surface area contributed by atoms with Crippen molar-refractivity contribution in [1.82, 2.24) is 9.88 Å². The summed E-state index contributed by atoms with van der Waals surface area (Å²) in [4.78, 5) is 32.8. The van der Waals surface area contributed by atoms with E-state index in [0.29, 0.717) is 25.0 Å². The molecule has 2 amide bonds. The molecule has 2 bridgehead atoms. The zero-order chi connectivity index (χ0) is 26.8. The number of nitrogen functional groups attached to an aromatic ring is 1. The number of aromatic nitrogens is 1. The Morgan fingerprint density at radius 3 is 2.71 bits per heavy atom. The Balaban J connectivity index is 1.51. The maximum Gasteiger partial charge on any atom is 0.247 e. The Morgan fingerprint density at radius 1 is 1.11 bits per heavy atom. The molecule has 1 aromatic heterocycles. The Bertz CT molecular complexity index is 1420. The summed E-state index contributed by atoms with van der Waals surface area (Å²) in [6.07, 6.45) is 6.79. The highest BCUT2D eigenvalue weighted by molar-refractivity contribution is 6.31. The lowest BCUT2D eigenvalue weighted by molar-refractivity contribution is -0.129. The smallest absolute Gasteiger partial charge is 0.247 e. The molecule has 0 fully saturated rings. The second-order valence-electron chi connectivity index (χ2n) is 9.98. The van der Waals surface area contributed by atoms with E-state index in [-0.39, 0.29) is 40.0 Å². The lowest BCUT2D eigenvalue weighted by atomic mass is 9.93. The lowest BCUT2D eigenvalue weighted by Gasteiger charge is -2.34. The van der Waals surface area contributed by atoms with E-state index in [4.69, 9.17) is 17.3 Å². The zero-order valence-corrected chi connectivity index (χ0v) is 22.0. The van der Waals surface area contributed by atoms with Crippen molar-refractivity contribution in [3.05, 3.63) is 82.9 Å². The number of fused-ring (bicyclic) bond motifs is 4. The molecule has 3 N–H and O–H groups in total. The molecule has 2 aliphatic heterocycles. The van der Waals surface area contributed by atoms with Gasteiger partial charge < -0.3 is 16.0 Å². The third kappa shape index (κ3) is 5.16. The Kier molecular flexibility index (Phi) is 7.47. The number of anilines is 2. The molecule has 0 saturated heterocycles. The molecule has 196 valence electrons. The van der Waals surface area contributed by atoms with Crippen LogP contribution in [0, 0.1) is 11.7 Å². The van der Waals surface area contributed by atoms with E-state index in [0.717, 1.165) is 41.8 Å². The Hall–Kier alpha value is -3.71. The van der Waals surface area contributed by atoms with Crippen LogP contribution >= 0.6 is 11.6 Å². The van der Waals surface area contributed by atoms with Crippen LogP contribution in [0.1, 0.15) is 56.3 Å². The number of halogens is 2. The summed E-state index contributed by atoms with van der Waals surface area (Å²) in [5.74, 6) is -0.953. The van der Waals surface area contributed by atoms with Crippen molar-refractivity contribution in [2.75, 3.05) is 17.6 Å². The summed E-state index contributed by atoms with van der Waals surface area (Å²) >= 11 is 6.00. The van der Waals surface area contributed by atoms with Gasteiger partial charge in [-0.3, -0.25) is 14.6 Å². The first kappa shape index (κ1) is 25.9. The standard InChI is InChI=1S/C30H30ClFN4O2/c1-18-6-2-5-9-26(25-16-19(12-14-34-25)21-7-3-4-8-24(21)35-30(18)38)36-15-13-20(17-27(36)37)28-23(33)11-10-22(31)29(28)32/h3-4,7-8,10-12,14,16-18,26H,2,5-6,9,13,15,33H2,1H3,(H,35,38)/t18-,26+/m1/s1. The first-order valence-electron chi connectivity index (χ1n) is 12.9. The van der Waals surface area contributed by atoms with E-state index in [1.807, 2.05) is 48.2 Å². The van der Waals surface area contributed by atoms with Gasteiger partial charge in [-0.25, -0.2) is 4.39 Å². The topological polar surface area (TPSA) is 88.3 Å². The van der Waals surface area contributed by atoms with Crippen LogP contribution in [0.5, 0.6) is 0 Å². The number of carbonyl (C=O) groups excluding carboxylic acids is 2. The fourth-order valence-electron chi connectivity index (χ4n) is 5.33. The van der Waals surface area contributed by atoms with Gasteiger partial charge in [0.2, 0.25) is 11.8 Å². The van der Waals surface area contributed by atoms with E-state index in [1.165, 1.54) is 12.1 Å². The zero-order valence-electron chi connectivity index (χ0n) is 21.2. The van der Waals surface area contributed by atoms with Gasteiger partial charge in [0.1, 0.15) is 0 Å². The van der Waals surface area contributed by atoms with Crippen molar-refractivity contribution >= 4 is 40.4 Å². The van der Waals surface area contributed by atoms with E-state index in [9.17, 15) is 14.0 Å². The number of amides is 2. The van der Waals surface area contributed by atoms with Gasteiger partial charge in [-0.2, -0.15) is 0 Å². The SMILES string of the molecule is C[C@@H]1CCCC[C@H](N2CCC(c3c(N)ccc(Cl)c3F)=CC2=O)c2cc(ccn2)-c2ccccc2NC1=O. The van der Waals surface area contributed by atoms with Crippen molar-refractivity contribution in [3.63, 3.8) is 0 Å². The third-order valence-corrected chi connectivity index (χ3v) is 7.75. The number of nitrogens with two attached hydrogens (primary N) is 1. The van der Waals surface area contributed by atoms with E-state index in [2.05, 4.69) is 10.3 Å². The van der Waals surface area contributed by atoms with Crippen LogP contribution in [-0.2, 0) is 9.59 Å². The molecule has 2 aromatic carbocycles. The molecular weight excluding hydrogens is 503 g/mol. The van der Waals surface area contributed by atoms with Crippen LogP contribution in [0.25, 0.3) is 16.7 Å². The van der Waals surface area contributed by atoms with Gasteiger partial charge in [0, 0.05) is 47.2 Å². The van der Waals surface area contributed by atoms with Gasteiger partial charge in [-0.15, -0.1) is 0 Å². The largest absolute Gasteiger partial charge is 0.398 e. The van der Waals surface area contributed by atoms with Crippen molar-refractivity contribution in [2.45, 2.75) is 45.1 Å². The molecule has 0 radical (unpaired) electrons. The molecule has 0 spiro atoms. The van der Waals surface area contributed by atoms with Crippen molar-refractivity contribution < 1.29 is 14.0 Å². The minimum Gasteiger partial charge on any atom is -0.398 e. The number of hydrogen-bond donors (Lipinski definition) is 2. The summed E-state index contributed by atoms with van der Waals surface area (Å²) in [6, 6.07) is 14.3. The number of nitrogens with zero attached hydrogens (tertiary/aromatic N) is 2. The van der Waals surface area contributed by atoms with Gasteiger partial charge in [0.25, 0.3) is 0 Å². The summed E-state index contributed by atoms with van der Waals surface area (Å²) < 4.78 is 14.8. The quantitative estimate of drug-likeness (QED) is 0.363. The van der Waals surface area contributed by atoms with Gasteiger partial charge in [-0.1, -0.05) is 49.6 Å². The molecule has 5 rings (SSSR count). The highest BCUT2D eigenvalue weighted by atomic mass is 35.5. The average molecular weight is 533 g/mol. The molecule has 2 atom stereocenters. The molecule has 38 heavy (non-hydrogen) atoms. The van der Waals surface area contributed by atoms with Crippen LogP contribution in [-0.4, -0.2) is 28.2 Å². The average Bonchev–Trinajstić information content (AvgIpc) is 2.92. The number of benzene rings is 2. The minimum absolute atomic E-state index is 0.000998. The maximum atomic E-state index is 14.8. The fourth-order valence-corrected chi connectivity index (χ4v) is 5.49.